The molecule has 8 rings (SSSR count). The summed E-state index contributed by atoms with van der Waals surface area (Å²) in [5.41, 5.74) is 1.93. The second-order valence-corrected chi connectivity index (χ2v) is 20.1. The number of anilines is 1. The van der Waals surface area contributed by atoms with Gasteiger partial charge >= 0.3 is 5.97 Å². The summed E-state index contributed by atoms with van der Waals surface area (Å²) in [7, 11) is -2.05. The zero-order chi connectivity index (χ0) is 40.3. The number of rotatable bonds is 15. The van der Waals surface area contributed by atoms with E-state index >= 15 is 4.39 Å². The Hall–Kier alpha value is -3.36. The molecule has 2 aromatic carbocycles. The minimum Gasteiger partial charge on any atom is -0.469 e. The van der Waals surface area contributed by atoms with Crippen LogP contribution in [-0.4, -0.2) is 151 Å². The molecule has 1 aliphatic carbocycles. The van der Waals surface area contributed by atoms with E-state index in [0.29, 0.717) is 48.8 Å². The van der Waals surface area contributed by atoms with Gasteiger partial charge in [0.2, 0.25) is 5.91 Å². The highest BCUT2D eigenvalue weighted by Crippen LogP contribution is 2.54. The molecular weight excluding hydrogens is 758 g/mol. The molecule has 0 N–H and O–H groups in total. The van der Waals surface area contributed by atoms with Gasteiger partial charge in [0.25, 0.3) is 0 Å². The molecule has 3 atom stereocenters. The van der Waals surface area contributed by atoms with Crippen LogP contribution < -0.4 is 4.90 Å². The lowest BCUT2D eigenvalue weighted by Gasteiger charge is -2.54. The molecule has 0 spiro atoms. The Morgan fingerprint density at radius 1 is 0.879 bits per heavy atom. The van der Waals surface area contributed by atoms with Crippen LogP contribution in [0.3, 0.4) is 0 Å². The molecule has 0 unspecified atom stereocenters. The molecule has 1 saturated carbocycles. The molecule has 1 amide bonds. The lowest BCUT2D eigenvalue weighted by Crippen LogP contribution is -2.58. The van der Waals surface area contributed by atoms with E-state index in [1.807, 2.05) is 24.3 Å². The minimum absolute atomic E-state index is 0.138. The first kappa shape index (κ1) is 41.4. The summed E-state index contributed by atoms with van der Waals surface area (Å²) in [4.78, 5) is 36.9. The van der Waals surface area contributed by atoms with Crippen LogP contribution in [0.2, 0.25) is 0 Å². The number of ether oxygens (including phenoxy) is 2. The third-order valence-corrected chi connectivity index (χ3v) is 16.5. The number of hydrogen-bond acceptors (Lipinski definition) is 10. The zero-order valence-electron chi connectivity index (χ0n) is 34.2. The molecule has 5 saturated heterocycles. The van der Waals surface area contributed by atoms with Crippen LogP contribution in [0.25, 0.3) is 0 Å². The lowest BCUT2D eigenvalue weighted by molar-refractivity contribution is -0.142. The number of amides is 1. The van der Waals surface area contributed by atoms with Gasteiger partial charge in [-0.15, -0.1) is 0 Å². The summed E-state index contributed by atoms with van der Waals surface area (Å²) < 4.78 is 52.4. The number of benzene rings is 2. The van der Waals surface area contributed by atoms with Crippen molar-refractivity contribution in [3.63, 3.8) is 0 Å². The first-order valence-electron chi connectivity index (χ1n) is 21.7. The van der Waals surface area contributed by atoms with E-state index in [1.54, 1.807) is 35.2 Å². The molecule has 13 heteroatoms. The SMILES string of the molecule is COC(=O)C[C@H]1CCC[C@@H]1[C@@](CN1CCC1)(c1cccc(F)c1)C1CCN(CC2CN(c3ccc(S(=O)(=O)C4CN(C(=O)/C=C/CN5CCOCC5)C4)cc3)C2)CC1. The lowest BCUT2D eigenvalue weighted by atomic mass is 9.56. The number of halogens is 1. The van der Waals surface area contributed by atoms with E-state index in [2.05, 4.69) is 25.7 Å². The summed E-state index contributed by atoms with van der Waals surface area (Å²) in [5.74, 6) is 1.01. The molecule has 0 bridgehead atoms. The van der Waals surface area contributed by atoms with Crippen LogP contribution in [0.5, 0.6) is 0 Å². The largest absolute Gasteiger partial charge is 0.469 e. The van der Waals surface area contributed by atoms with Gasteiger partial charge in [-0.1, -0.05) is 24.6 Å². The van der Waals surface area contributed by atoms with Crippen LogP contribution >= 0.6 is 0 Å². The third-order valence-electron chi connectivity index (χ3n) is 14.4. The van der Waals surface area contributed by atoms with Crippen molar-refractivity contribution < 1.29 is 31.9 Å². The summed E-state index contributed by atoms with van der Waals surface area (Å²) >= 11 is 0. The highest BCUT2D eigenvalue weighted by Gasteiger charge is 2.53. The molecule has 11 nitrogen and oxygen atoms in total. The van der Waals surface area contributed by atoms with Crippen molar-refractivity contribution in [2.24, 2.45) is 23.7 Å². The first-order chi connectivity index (χ1) is 28.1. The van der Waals surface area contributed by atoms with Gasteiger partial charge in [0.1, 0.15) is 11.1 Å². The Morgan fingerprint density at radius 3 is 2.29 bits per heavy atom. The van der Waals surface area contributed by atoms with Gasteiger partial charge < -0.3 is 29.1 Å². The summed E-state index contributed by atoms with van der Waals surface area (Å²) in [6.45, 7) is 12.2. The van der Waals surface area contributed by atoms with E-state index in [1.165, 1.54) is 13.5 Å². The molecule has 6 fully saturated rings. The number of carbonyl (C=O) groups excluding carboxylic acids is 2. The van der Waals surface area contributed by atoms with Gasteiger partial charge in [-0.05, 0) is 118 Å². The highest BCUT2D eigenvalue weighted by molar-refractivity contribution is 7.92. The molecule has 0 aromatic heterocycles. The average molecular weight is 820 g/mol. The van der Waals surface area contributed by atoms with Crippen LogP contribution in [0, 0.1) is 29.5 Å². The molecule has 2 aromatic rings. The smallest absolute Gasteiger partial charge is 0.305 e. The maximum absolute atomic E-state index is 15.0. The van der Waals surface area contributed by atoms with E-state index in [9.17, 15) is 18.0 Å². The van der Waals surface area contributed by atoms with Crippen LogP contribution in [0.4, 0.5) is 10.1 Å². The van der Waals surface area contributed by atoms with E-state index in [0.717, 1.165) is 109 Å². The average Bonchev–Trinajstić information content (AvgIpc) is 3.64. The number of esters is 1. The number of morpholine rings is 1. The third kappa shape index (κ3) is 8.89. The number of nitrogens with zero attached hydrogens (tertiary/aromatic N) is 5. The number of likely N-dealkylation sites (tertiary alicyclic amines) is 3. The van der Waals surface area contributed by atoms with Crippen molar-refractivity contribution in [2.45, 2.75) is 60.5 Å². The van der Waals surface area contributed by atoms with Gasteiger partial charge in [0, 0.05) is 88.4 Å². The van der Waals surface area contributed by atoms with E-state index in [4.69, 9.17) is 9.47 Å². The maximum atomic E-state index is 15.0. The first-order valence-corrected chi connectivity index (χ1v) is 23.3. The van der Waals surface area contributed by atoms with Crippen LogP contribution in [-0.2, 0) is 34.3 Å². The second-order valence-electron chi connectivity index (χ2n) is 17.8. The maximum Gasteiger partial charge on any atom is 0.305 e. The number of sulfone groups is 1. The van der Waals surface area contributed by atoms with Gasteiger partial charge in [-0.25, -0.2) is 12.8 Å². The van der Waals surface area contributed by atoms with Crippen LogP contribution in [0.15, 0.2) is 65.6 Å². The molecule has 58 heavy (non-hydrogen) atoms. The molecule has 0 radical (unpaired) electrons. The molecular formula is C45H62FN5O6S. The molecule has 5 aliphatic heterocycles. The van der Waals surface area contributed by atoms with Crippen molar-refractivity contribution in [1.29, 1.82) is 0 Å². The highest BCUT2D eigenvalue weighted by atomic mass is 32.2. The van der Waals surface area contributed by atoms with Crippen molar-refractivity contribution in [1.82, 2.24) is 19.6 Å². The molecule has 316 valence electrons. The van der Waals surface area contributed by atoms with Gasteiger partial charge in [-0.2, -0.15) is 0 Å². The van der Waals surface area contributed by atoms with Crippen molar-refractivity contribution >= 4 is 27.4 Å². The van der Waals surface area contributed by atoms with E-state index in [-0.39, 0.29) is 42.1 Å². The number of piperidine rings is 1. The quantitative estimate of drug-likeness (QED) is 0.189. The monoisotopic (exact) mass is 819 g/mol. The second kappa shape index (κ2) is 18.1. The fourth-order valence-electron chi connectivity index (χ4n) is 11.0. The Balaban J connectivity index is 0.839. The molecule has 5 heterocycles. The van der Waals surface area contributed by atoms with Gasteiger partial charge in [0.05, 0.1) is 25.2 Å². The fourth-order valence-corrected chi connectivity index (χ4v) is 12.6. The van der Waals surface area contributed by atoms with Crippen molar-refractivity contribution in [3.05, 3.63) is 72.1 Å². The predicted octanol–water partition coefficient (Wildman–Crippen LogP) is 4.47. The normalized spacial score (nSPS) is 25.6. The predicted molar refractivity (Wildman–Crippen MR) is 222 cm³/mol. The van der Waals surface area contributed by atoms with Crippen molar-refractivity contribution in [3.8, 4) is 0 Å². The van der Waals surface area contributed by atoms with E-state index < -0.39 is 15.1 Å². The Kier molecular flexibility index (Phi) is 12.9. The Labute approximate surface area is 344 Å². The van der Waals surface area contributed by atoms with Gasteiger partial charge in [-0.3, -0.25) is 14.5 Å². The summed E-state index contributed by atoms with van der Waals surface area (Å²) in [6.07, 6.45) is 10.3. The fraction of sp³-hybridized carbons (Fsp3) is 0.644. The van der Waals surface area contributed by atoms with Gasteiger partial charge in [0.15, 0.2) is 9.84 Å². The van der Waals surface area contributed by atoms with Crippen LogP contribution in [0.1, 0.15) is 50.5 Å². The Morgan fingerprint density at radius 2 is 1.62 bits per heavy atom. The van der Waals surface area contributed by atoms with Crippen molar-refractivity contribution in [2.75, 3.05) is 110 Å². The zero-order valence-corrected chi connectivity index (χ0v) is 35.0. The Bertz CT molecular complexity index is 1870. The molecule has 6 aliphatic rings. The number of hydrogen-bond donors (Lipinski definition) is 0. The minimum atomic E-state index is -3.53. The summed E-state index contributed by atoms with van der Waals surface area (Å²) in [6, 6.07) is 14.7. The summed E-state index contributed by atoms with van der Waals surface area (Å²) in [5, 5.41) is -0.582. The topological polar surface area (TPSA) is 103 Å². The standard InChI is InChI=1S/C45H62FN5O6S/c1-56-44(53)26-35-6-2-9-42(35)45(33-49-18-5-19-49,37-7-3-8-38(46)27-37)36-15-20-48(21-16-36)28-34-29-50(30-34)39-11-13-40(14-12-39)58(54,55)41-31-51(32-41)43(52)10-4-17-47-22-24-57-25-23-47/h3-4,7-8,10-14,27,34-36,41-42H,2,5-6,9,15-26,28-33H2,1H3/b10-4+/t35-,42+,45-/m1/s1. The number of carbonyl (C=O) groups is 2. The number of methoxy groups -OCH3 is 1.